The van der Waals surface area contributed by atoms with Gasteiger partial charge in [-0.1, -0.05) is 0 Å². The Hall–Kier alpha value is -4.05. The number of ether oxygens (including phenoxy) is 1. The molecule has 2 aromatic heterocycles. The van der Waals surface area contributed by atoms with E-state index in [4.69, 9.17) is 4.74 Å². The number of carbonyl (C=O) groups is 1. The number of methoxy groups -OCH3 is 1. The molecule has 10 heteroatoms. The van der Waals surface area contributed by atoms with Gasteiger partial charge in [-0.3, -0.25) is 23.7 Å². The number of halogens is 1. The Bertz CT molecular complexity index is 1530. The molecule has 36 heavy (non-hydrogen) atoms. The minimum atomic E-state index is -0.631. The highest BCUT2D eigenvalue weighted by atomic mass is 19.1. The summed E-state index contributed by atoms with van der Waals surface area (Å²) in [5.41, 5.74) is 2.52. The summed E-state index contributed by atoms with van der Waals surface area (Å²) in [4.78, 5) is 34.0. The number of aromatic nitrogens is 4. The second kappa shape index (κ2) is 9.19. The van der Waals surface area contributed by atoms with E-state index in [0.29, 0.717) is 53.9 Å². The highest BCUT2D eigenvalue weighted by molar-refractivity contribution is 5.89. The molecule has 0 unspecified atom stereocenters. The Morgan fingerprint density at radius 3 is 2.64 bits per heavy atom. The molecule has 3 heterocycles. The van der Waals surface area contributed by atoms with Crippen molar-refractivity contribution in [2.45, 2.75) is 26.4 Å². The molecule has 9 nitrogen and oxygen atoms in total. The van der Waals surface area contributed by atoms with Gasteiger partial charge in [-0.25, -0.2) is 9.37 Å². The lowest BCUT2D eigenvalue weighted by Gasteiger charge is -2.27. The monoisotopic (exact) mass is 490 g/mol. The number of hydrogen-bond donors (Lipinski definition) is 0. The summed E-state index contributed by atoms with van der Waals surface area (Å²) in [5.74, 6) is -0.254. The maximum absolute atomic E-state index is 15.5. The van der Waals surface area contributed by atoms with Crippen molar-refractivity contribution >= 4 is 28.6 Å². The molecule has 1 aliphatic heterocycles. The van der Waals surface area contributed by atoms with E-state index >= 15 is 4.39 Å². The van der Waals surface area contributed by atoms with E-state index in [2.05, 4.69) is 28.8 Å². The summed E-state index contributed by atoms with van der Waals surface area (Å²) in [6.07, 6.45) is 5.34. The lowest BCUT2D eigenvalue weighted by Crippen LogP contribution is -2.34. The van der Waals surface area contributed by atoms with Crippen molar-refractivity contribution in [1.29, 1.82) is 0 Å². The van der Waals surface area contributed by atoms with E-state index < -0.39 is 5.82 Å². The number of aldehydes is 1. The fourth-order valence-electron chi connectivity index (χ4n) is 4.72. The van der Waals surface area contributed by atoms with Crippen molar-refractivity contribution in [3.63, 3.8) is 0 Å². The first kappa shape index (κ1) is 23.7. The van der Waals surface area contributed by atoms with Gasteiger partial charge in [0.1, 0.15) is 12.1 Å². The van der Waals surface area contributed by atoms with Gasteiger partial charge in [-0.2, -0.15) is 5.10 Å². The van der Waals surface area contributed by atoms with E-state index in [1.165, 1.54) is 24.1 Å². The molecule has 0 fully saturated rings. The van der Waals surface area contributed by atoms with Crippen molar-refractivity contribution < 1.29 is 13.9 Å². The van der Waals surface area contributed by atoms with E-state index in [-0.39, 0.29) is 22.9 Å². The smallest absolute Gasteiger partial charge is 0.266 e. The average Bonchev–Trinajstić information content (AvgIpc) is 3.20. The van der Waals surface area contributed by atoms with Crippen molar-refractivity contribution in [3.8, 4) is 11.4 Å². The van der Waals surface area contributed by atoms with Gasteiger partial charge in [0.15, 0.2) is 12.1 Å². The number of nitrogens with zero attached hydrogens (tertiary/aromatic N) is 6. The number of hydrogen-bond acceptors (Lipinski definition) is 7. The van der Waals surface area contributed by atoms with Crippen LogP contribution in [-0.2, 0) is 13.6 Å². The van der Waals surface area contributed by atoms with Crippen LogP contribution in [0.2, 0.25) is 0 Å². The SMILES string of the molecule is COc1cc(C=O)c(F)c(N2CCN(C(C)C)Cc3c2ccc2ncn(-c4cnn(C)c4)c(=O)c32)c1. The molecule has 5 rings (SSSR count). The Morgan fingerprint density at radius 2 is 1.97 bits per heavy atom. The van der Waals surface area contributed by atoms with Crippen LogP contribution in [0.5, 0.6) is 5.75 Å². The van der Waals surface area contributed by atoms with Crippen LogP contribution >= 0.6 is 0 Å². The molecule has 2 aromatic carbocycles. The second-order valence-corrected chi connectivity index (χ2v) is 9.13. The van der Waals surface area contributed by atoms with Crippen LogP contribution in [0.25, 0.3) is 16.6 Å². The van der Waals surface area contributed by atoms with Gasteiger partial charge in [0.05, 0.1) is 41.1 Å². The molecule has 0 saturated heterocycles. The van der Waals surface area contributed by atoms with Gasteiger partial charge in [0.2, 0.25) is 0 Å². The third-order valence-corrected chi connectivity index (χ3v) is 6.68. The summed E-state index contributed by atoms with van der Waals surface area (Å²) in [6, 6.07) is 6.79. The number of benzene rings is 2. The van der Waals surface area contributed by atoms with Gasteiger partial charge in [0.25, 0.3) is 5.56 Å². The number of carbonyl (C=O) groups excluding carboxylic acids is 1. The van der Waals surface area contributed by atoms with Crippen molar-refractivity contribution in [1.82, 2.24) is 24.2 Å². The Kier molecular flexibility index (Phi) is 6.05. The van der Waals surface area contributed by atoms with Crippen LogP contribution in [0.3, 0.4) is 0 Å². The normalized spacial score (nSPS) is 14.2. The van der Waals surface area contributed by atoms with Crippen LogP contribution in [0.15, 0.2) is 47.8 Å². The van der Waals surface area contributed by atoms with Crippen LogP contribution in [-0.4, -0.2) is 56.8 Å². The zero-order valence-corrected chi connectivity index (χ0v) is 20.6. The van der Waals surface area contributed by atoms with Gasteiger partial charge >= 0.3 is 0 Å². The minimum absolute atomic E-state index is 0.0859. The molecule has 4 aromatic rings. The second-order valence-electron chi connectivity index (χ2n) is 9.13. The zero-order valence-electron chi connectivity index (χ0n) is 20.6. The summed E-state index contributed by atoms with van der Waals surface area (Å²) >= 11 is 0. The van der Waals surface area contributed by atoms with Crippen LogP contribution in [0.4, 0.5) is 15.8 Å². The Labute approximate surface area is 207 Å². The van der Waals surface area contributed by atoms with E-state index in [1.54, 1.807) is 36.3 Å². The van der Waals surface area contributed by atoms with Gasteiger partial charge < -0.3 is 9.64 Å². The van der Waals surface area contributed by atoms with E-state index in [1.807, 2.05) is 11.0 Å². The lowest BCUT2D eigenvalue weighted by atomic mass is 10.0. The molecule has 0 spiro atoms. The lowest BCUT2D eigenvalue weighted by molar-refractivity contribution is 0.111. The molecular formula is C26H27FN6O3. The first-order chi connectivity index (χ1) is 17.3. The van der Waals surface area contributed by atoms with Crippen molar-refractivity contribution in [2.75, 3.05) is 25.1 Å². The molecule has 0 N–H and O–H groups in total. The highest BCUT2D eigenvalue weighted by Crippen LogP contribution is 2.38. The third-order valence-electron chi connectivity index (χ3n) is 6.68. The predicted molar refractivity (Wildman–Crippen MR) is 135 cm³/mol. The van der Waals surface area contributed by atoms with E-state index in [0.717, 1.165) is 5.56 Å². The molecule has 0 saturated carbocycles. The Balaban J connectivity index is 1.79. The minimum Gasteiger partial charge on any atom is -0.497 e. The molecule has 1 aliphatic rings. The maximum Gasteiger partial charge on any atom is 0.266 e. The largest absolute Gasteiger partial charge is 0.497 e. The first-order valence-corrected chi connectivity index (χ1v) is 11.7. The van der Waals surface area contributed by atoms with Gasteiger partial charge in [-0.15, -0.1) is 0 Å². The van der Waals surface area contributed by atoms with Crippen molar-refractivity contribution in [3.05, 3.63) is 70.3 Å². The highest BCUT2D eigenvalue weighted by Gasteiger charge is 2.28. The summed E-state index contributed by atoms with van der Waals surface area (Å²) in [6.45, 7) is 5.74. The third kappa shape index (κ3) is 3.93. The number of rotatable bonds is 5. The molecule has 0 atom stereocenters. The van der Waals surface area contributed by atoms with Crippen LogP contribution in [0.1, 0.15) is 29.8 Å². The molecule has 186 valence electrons. The number of aryl methyl sites for hydroxylation is 1. The first-order valence-electron chi connectivity index (χ1n) is 11.7. The molecule has 0 bridgehead atoms. The van der Waals surface area contributed by atoms with Gasteiger partial charge in [-0.05, 0) is 32.0 Å². The maximum atomic E-state index is 15.5. The summed E-state index contributed by atoms with van der Waals surface area (Å²) in [7, 11) is 3.26. The topological polar surface area (TPSA) is 85.5 Å². The zero-order chi connectivity index (χ0) is 25.6. The van der Waals surface area contributed by atoms with Crippen LogP contribution < -0.4 is 15.2 Å². The predicted octanol–water partition coefficient (Wildman–Crippen LogP) is 3.44. The van der Waals surface area contributed by atoms with E-state index in [9.17, 15) is 9.59 Å². The fraction of sp³-hybridized carbons (Fsp3) is 0.308. The standard InChI is InChI=1S/C26H27FN6O3/c1-16(2)31-7-8-32(23-10-19(36-4)9-17(14-34)25(23)27)22-6-5-21-24(20(22)13-31)26(35)33(15-28-21)18-11-29-30(3)12-18/h5-6,9-12,14-16H,7-8,13H2,1-4H3. The molecule has 0 aliphatic carbocycles. The Morgan fingerprint density at radius 1 is 1.17 bits per heavy atom. The average molecular weight is 491 g/mol. The molecule has 0 amide bonds. The number of anilines is 2. The van der Waals surface area contributed by atoms with Gasteiger partial charge in [0, 0.05) is 56.2 Å². The quantitative estimate of drug-likeness (QED) is 0.396. The summed E-state index contributed by atoms with van der Waals surface area (Å²) < 4.78 is 23.9. The fourth-order valence-corrected chi connectivity index (χ4v) is 4.72. The molecule has 0 radical (unpaired) electrons. The summed E-state index contributed by atoms with van der Waals surface area (Å²) in [5, 5.41) is 4.64. The van der Waals surface area contributed by atoms with Crippen LogP contribution in [0, 0.1) is 5.82 Å². The molecular weight excluding hydrogens is 463 g/mol. The van der Waals surface area contributed by atoms with Crippen molar-refractivity contribution in [2.24, 2.45) is 7.05 Å². The number of fused-ring (bicyclic) bond motifs is 3.